The highest BCUT2D eigenvalue weighted by atomic mass is 32.2. The zero-order chi connectivity index (χ0) is 27.4. The summed E-state index contributed by atoms with van der Waals surface area (Å²) in [6.45, 7) is 4.18. The Hall–Kier alpha value is -4.18. The Morgan fingerprint density at radius 3 is 2.74 bits per heavy atom. The van der Waals surface area contributed by atoms with Crippen molar-refractivity contribution in [3.63, 3.8) is 0 Å². The fraction of sp³-hybridized carbons (Fsp3) is 0.276. The van der Waals surface area contributed by atoms with Crippen molar-refractivity contribution in [3.8, 4) is 0 Å². The van der Waals surface area contributed by atoms with Crippen molar-refractivity contribution in [1.82, 2.24) is 10.2 Å². The number of amidine groups is 2. The topological polar surface area (TPSA) is 116 Å². The second kappa shape index (κ2) is 11.7. The molecule has 5 rings (SSSR count). The second-order valence-electron chi connectivity index (χ2n) is 9.32. The quantitative estimate of drug-likeness (QED) is 0.402. The second-order valence-corrected chi connectivity index (χ2v) is 10.5. The smallest absolute Gasteiger partial charge is 0.259 e. The molecule has 2 atom stereocenters. The Kier molecular flexibility index (Phi) is 7.92. The summed E-state index contributed by atoms with van der Waals surface area (Å²) in [6.07, 6.45) is 2.49. The van der Waals surface area contributed by atoms with E-state index in [0.717, 1.165) is 16.8 Å². The van der Waals surface area contributed by atoms with Gasteiger partial charge in [0, 0.05) is 17.7 Å². The van der Waals surface area contributed by atoms with Crippen molar-refractivity contribution >= 4 is 51.9 Å². The van der Waals surface area contributed by atoms with Crippen LogP contribution in [-0.4, -0.2) is 44.9 Å². The number of benzene rings is 2. The van der Waals surface area contributed by atoms with Gasteiger partial charge < -0.3 is 15.1 Å². The molecule has 0 radical (unpaired) electrons. The predicted octanol–water partition coefficient (Wildman–Crippen LogP) is 4.79. The van der Waals surface area contributed by atoms with Gasteiger partial charge in [-0.3, -0.25) is 19.4 Å². The van der Waals surface area contributed by atoms with Gasteiger partial charge >= 0.3 is 0 Å². The molecule has 0 bridgehead atoms. The molecule has 0 fully saturated rings. The van der Waals surface area contributed by atoms with Crippen LogP contribution in [-0.2, 0) is 20.9 Å². The van der Waals surface area contributed by atoms with Gasteiger partial charge in [0.15, 0.2) is 5.17 Å². The van der Waals surface area contributed by atoms with Gasteiger partial charge in [-0.25, -0.2) is 9.89 Å². The third-order valence-electron chi connectivity index (χ3n) is 6.43. The Morgan fingerprint density at radius 1 is 1.13 bits per heavy atom. The van der Waals surface area contributed by atoms with E-state index in [9.17, 15) is 14.4 Å². The van der Waals surface area contributed by atoms with Crippen LogP contribution in [0.4, 0.5) is 11.4 Å². The summed E-state index contributed by atoms with van der Waals surface area (Å²) in [5, 5.41) is 5.71. The van der Waals surface area contributed by atoms with E-state index in [1.165, 1.54) is 16.7 Å². The normalized spacial score (nSPS) is 16.6. The van der Waals surface area contributed by atoms with Crippen LogP contribution in [0.15, 0.2) is 81.3 Å². The van der Waals surface area contributed by atoms with Gasteiger partial charge in [0.1, 0.15) is 17.6 Å². The highest BCUT2D eigenvalue weighted by Gasteiger charge is 2.42. The molecule has 0 aliphatic carbocycles. The molecule has 39 heavy (non-hydrogen) atoms. The average Bonchev–Trinajstić information content (AvgIpc) is 3.57. The number of hydrogen-bond donors (Lipinski definition) is 2. The van der Waals surface area contributed by atoms with E-state index in [0.29, 0.717) is 28.9 Å². The van der Waals surface area contributed by atoms with Crippen LogP contribution < -0.4 is 10.6 Å². The van der Waals surface area contributed by atoms with Gasteiger partial charge in [0.2, 0.25) is 11.8 Å². The third-order valence-corrected chi connectivity index (χ3v) is 7.75. The van der Waals surface area contributed by atoms with Crippen molar-refractivity contribution in [2.45, 2.75) is 50.9 Å². The first-order valence-electron chi connectivity index (χ1n) is 12.9. The average molecular weight is 544 g/mol. The van der Waals surface area contributed by atoms with E-state index in [1.807, 2.05) is 62.4 Å². The SMILES string of the molecule is CC[C@H](SC1=Nc2ccccc2C2=N[C@H](CCC(=O)NCc3ccco3)C(=O)N12)C(=O)Nc1cccc(C)c1. The molecule has 200 valence electrons. The molecule has 3 heterocycles. The molecule has 0 unspecified atom stereocenters. The lowest BCUT2D eigenvalue weighted by atomic mass is 10.1. The molecule has 0 spiro atoms. The third kappa shape index (κ3) is 5.96. The standard InChI is InChI=1S/C29H29N5O4S/c1-3-24(27(36)31-19-9-6-8-18(2)16-19)39-29-33-22-12-5-4-11-21(22)26-32-23(28(37)34(26)29)13-14-25(35)30-17-20-10-7-15-38-20/h4-12,15-16,23-24H,3,13-14,17H2,1-2H3,(H,30,35)(H,31,36)/t23-,24+/m1/s1. The van der Waals surface area contributed by atoms with E-state index in [1.54, 1.807) is 18.4 Å². The summed E-state index contributed by atoms with van der Waals surface area (Å²) < 4.78 is 5.24. The van der Waals surface area contributed by atoms with Crippen LogP contribution in [0.3, 0.4) is 0 Å². The summed E-state index contributed by atoms with van der Waals surface area (Å²) in [5.41, 5.74) is 3.21. The van der Waals surface area contributed by atoms with Gasteiger partial charge in [-0.15, -0.1) is 0 Å². The molecular weight excluding hydrogens is 514 g/mol. The zero-order valence-electron chi connectivity index (χ0n) is 21.7. The maximum absolute atomic E-state index is 13.6. The molecule has 3 amide bonds. The van der Waals surface area contributed by atoms with Crippen LogP contribution >= 0.6 is 11.8 Å². The minimum Gasteiger partial charge on any atom is -0.467 e. The minimum absolute atomic E-state index is 0.138. The van der Waals surface area contributed by atoms with E-state index in [4.69, 9.17) is 14.4 Å². The first-order valence-corrected chi connectivity index (χ1v) is 13.7. The fourth-order valence-corrected chi connectivity index (χ4v) is 5.44. The number of rotatable bonds is 9. The Morgan fingerprint density at radius 2 is 1.97 bits per heavy atom. The lowest BCUT2D eigenvalue weighted by molar-refractivity contribution is -0.125. The van der Waals surface area contributed by atoms with Crippen molar-refractivity contribution in [3.05, 3.63) is 83.8 Å². The number of para-hydroxylation sites is 1. The summed E-state index contributed by atoms with van der Waals surface area (Å²) in [6, 6.07) is 17.9. The number of amides is 3. The minimum atomic E-state index is -0.715. The first-order chi connectivity index (χ1) is 18.9. The molecule has 0 saturated heterocycles. The van der Waals surface area contributed by atoms with E-state index in [2.05, 4.69) is 10.6 Å². The number of nitrogens with zero attached hydrogens (tertiary/aromatic N) is 3. The number of furan rings is 1. The van der Waals surface area contributed by atoms with E-state index >= 15 is 0 Å². The maximum atomic E-state index is 13.6. The molecule has 2 aliphatic rings. The number of aliphatic imine (C=N–C) groups is 2. The molecule has 2 aliphatic heterocycles. The van der Waals surface area contributed by atoms with Crippen LogP contribution in [0.2, 0.25) is 0 Å². The van der Waals surface area contributed by atoms with Gasteiger partial charge in [0.25, 0.3) is 5.91 Å². The van der Waals surface area contributed by atoms with Crippen LogP contribution in [0.25, 0.3) is 0 Å². The lowest BCUT2D eigenvalue weighted by Crippen LogP contribution is -2.42. The number of fused-ring (bicyclic) bond motifs is 3. The van der Waals surface area contributed by atoms with Gasteiger partial charge in [-0.05, 0) is 61.7 Å². The highest BCUT2D eigenvalue weighted by molar-refractivity contribution is 8.15. The fourth-order valence-electron chi connectivity index (χ4n) is 4.42. The molecule has 2 aromatic carbocycles. The number of hydrogen-bond acceptors (Lipinski definition) is 7. The van der Waals surface area contributed by atoms with Crippen molar-refractivity contribution in [2.75, 3.05) is 5.32 Å². The van der Waals surface area contributed by atoms with Crippen LogP contribution in [0.1, 0.15) is 43.1 Å². The number of thioether (sulfide) groups is 1. The molecule has 0 saturated carbocycles. The Balaban J connectivity index is 1.31. The molecule has 1 aromatic heterocycles. The number of anilines is 1. The molecule has 10 heteroatoms. The van der Waals surface area contributed by atoms with Gasteiger partial charge in [0.05, 0.1) is 23.7 Å². The van der Waals surface area contributed by atoms with Crippen molar-refractivity contribution in [1.29, 1.82) is 0 Å². The number of nitrogens with one attached hydrogen (secondary N) is 2. The van der Waals surface area contributed by atoms with Crippen molar-refractivity contribution < 1.29 is 18.8 Å². The largest absolute Gasteiger partial charge is 0.467 e. The number of carbonyl (C=O) groups is 3. The van der Waals surface area contributed by atoms with Gasteiger partial charge in [-0.1, -0.05) is 43.0 Å². The summed E-state index contributed by atoms with van der Waals surface area (Å²) in [7, 11) is 0. The molecule has 9 nitrogen and oxygen atoms in total. The number of carbonyl (C=O) groups excluding carboxylic acids is 3. The summed E-state index contributed by atoms with van der Waals surface area (Å²) in [5.74, 6) is 0.557. The van der Waals surface area contributed by atoms with Crippen molar-refractivity contribution in [2.24, 2.45) is 9.98 Å². The lowest BCUT2D eigenvalue weighted by Gasteiger charge is -2.27. The Bertz CT molecular complexity index is 1450. The monoisotopic (exact) mass is 543 g/mol. The zero-order valence-corrected chi connectivity index (χ0v) is 22.5. The Labute approximate surface area is 230 Å². The maximum Gasteiger partial charge on any atom is 0.259 e. The number of aryl methyl sites for hydroxylation is 1. The predicted molar refractivity (Wildman–Crippen MR) is 152 cm³/mol. The summed E-state index contributed by atoms with van der Waals surface area (Å²) in [4.78, 5) is 50.1. The first kappa shape index (κ1) is 26.4. The molecule has 3 aromatic rings. The summed E-state index contributed by atoms with van der Waals surface area (Å²) >= 11 is 1.25. The van der Waals surface area contributed by atoms with Gasteiger partial charge in [-0.2, -0.15) is 0 Å². The van der Waals surface area contributed by atoms with Crippen LogP contribution in [0, 0.1) is 6.92 Å². The van der Waals surface area contributed by atoms with E-state index in [-0.39, 0.29) is 37.1 Å². The highest BCUT2D eigenvalue weighted by Crippen LogP contribution is 2.36. The van der Waals surface area contributed by atoms with E-state index < -0.39 is 11.3 Å². The molecular formula is C29H29N5O4S. The van der Waals surface area contributed by atoms with Crippen LogP contribution in [0.5, 0.6) is 0 Å². The molecule has 2 N–H and O–H groups in total.